The largest absolute Gasteiger partial charge is 0.481 e. The van der Waals surface area contributed by atoms with E-state index >= 15 is 0 Å². The van der Waals surface area contributed by atoms with Gasteiger partial charge in [-0.15, -0.1) is 0 Å². The van der Waals surface area contributed by atoms with Gasteiger partial charge in [-0.2, -0.15) is 0 Å². The van der Waals surface area contributed by atoms with Crippen molar-refractivity contribution in [3.63, 3.8) is 0 Å². The molecule has 1 heterocycles. The van der Waals surface area contributed by atoms with E-state index in [9.17, 15) is 9.59 Å². The fourth-order valence-corrected chi connectivity index (χ4v) is 3.81. The summed E-state index contributed by atoms with van der Waals surface area (Å²) in [6.07, 6.45) is 0.970. The Balaban J connectivity index is 1.48. The van der Waals surface area contributed by atoms with Crippen molar-refractivity contribution in [2.45, 2.75) is 26.4 Å². The number of rotatable bonds is 7. The van der Waals surface area contributed by atoms with Crippen molar-refractivity contribution in [1.29, 1.82) is 0 Å². The van der Waals surface area contributed by atoms with Crippen LogP contribution >= 0.6 is 0 Å². The number of H-pyrrole nitrogens is 1. The molecule has 0 aliphatic rings. The van der Waals surface area contributed by atoms with Gasteiger partial charge in [0, 0.05) is 11.8 Å². The lowest BCUT2D eigenvalue weighted by molar-refractivity contribution is -0.136. The third kappa shape index (κ3) is 5.35. The normalized spacial score (nSPS) is 11.6. The molecule has 0 aliphatic carbocycles. The molecule has 4 aromatic rings. The Kier molecular flexibility index (Phi) is 6.78. The molecule has 1 atom stereocenters. The van der Waals surface area contributed by atoms with E-state index in [1.165, 1.54) is 0 Å². The fourth-order valence-electron chi connectivity index (χ4n) is 3.81. The molecule has 6 heteroatoms. The number of amides is 1. The number of hydrogen-bond donors (Lipinski definition) is 3. The highest BCUT2D eigenvalue weighted by molar-refractivity contribution is 5.92. The van der Waals surface area contributed by atoms with Crippen LogP contribution in [0.25, 0.3) is 22.4 Å². The number of aromatic nitrogens is 1. The van der Waals surface area contributed by atoms with E-state index in [0.717, 1.165) is 39.1 Å². The van der Waals surface area contributed by atoms with Crippen LogP contribution in [0.4, 0.5) is 10.5 Å². The van der Waals surface area contributed by atoms with Gasteiger partial charge in [0.15, 0.2) is 0 Å². The van der Waals surface area contributed by atoms with E-state index in [1.807, 2.05) is 98.9 Å². The minimum absolute atomic E-state index is 0.00767. The molecule has 172 valence electrons. The van der Waals surface area contributed by atoms with Gasteiger partial charge in [0.05, 0.1) is 17.8 Å². The number of aliphatic carboxylic acids is 1. The van der Waals surface area contributed by atoms with Crippen LogP contribution in [0, 0.1) is 6.92 Å². The van der Waals surface area contributed by atoms with Crippen molar-refractivity contribution in [3.8, 4) is 22.4 Å². The van der Waals surface area contributed by atoms with Crippen LogP contribution < -0.4 is 5.32 Å². The first kappa shape index (κ1) is 22.9. The SMILES string of the molecule is Cc1c[nH]c(-c2ccc(-c3ccc(CC(=O)O)cc3)cc2)c1NC(=O)OC(C)c1ccccc1. The predicted octanol–water partition coefficient (Wildman–Crippen LogP) is 6.59. The average molecular weight is 455 g/mol. The zero-order valence-electron chi connectivity index (χ0n) is 19.0. The standard InChI is InChI=1S/C28H26N2O4/c1-18-17-29-27(26(18)30-28(33)34-19(2)21-6-4-3-5-7-21)24-14-12-23(13-15-24)22-10-8-20(9-11-22)16-25(31)32/h3-15,17,19,29H,16H2,1-2H3,(H,30,33)(H,31,32). The van der Waals surface area contributed by atoms with E-state index in [1.54, 1.807) is 0 Å². The summed E-state index contributed by atoms with van der Waals surface area (Å²) in [4.78, 5) is 26.7. The maximum absolute atomic E-state index is 12.6. The average Bonchev–Trinajstić information content (AvgIpc) is 3.19. The molecule has 3 N–H and O–H groups in total. The third-order valence-electron chi connectivity index (χ3n) is 5.67. The van der Waals surface area contributed by atoms with Gasteiger partial charge in [-0.3, -0.25) is 10.1 Å². The number of aryl methyl sites for hydroxylation is 1. The van der Waals surface area contributed by atoms with Crippen molar-refractivity contribution in [2.75, 3.05) is 5.32 Å². The molecular weight excluding hydrogens is 428 g/mol. The van der Waals surface area contributed by atoms with E-state index in [0.29, 0.717) is 5.69 Å². The lowest BCUT2D eigenvalue weighted by Gasteiger charge is -2.15. The molecule has 0 radical (unpaired) electrons. The zero-order valence-corrected chi connectivity index (χ0v) is 19.0. The quantitative estimate of drug-likeness (QED) is 0.294. The molecule has 1 amide bonds. The van der Waals surface area contributed by atoms with Crippen LogP contribution in [0.5, 0.6) is 0 Å². The summed E-state index contributed by atoms with van der Waals surface area (Å²) in [6, 6.07) is 25.0. The van der Waals surface area contributed by atoms with Crippen molar-refractivity contribution < 1.29 is 19.4 Å². The van der Waals surface area contributed by atoms with Gasteiger partial charge in [-0.25, -0.2) is 4.79 Å². The highest BCUT2D eigenvalue weighted by Gasteiger charge is 2.17. The molecule has 3 aromatic carbocycles. The Bertz CT molecular complexity index is 1280. The minimum Gasteiger partial charge on any atom is -0.481 e. The van der Waals surface area contributed by atoms with Gasteiger partial charge in [-0.05, 0) is 41.7 Å². The molecule has 0 bridgehead atoms. The fraction of sp³-hybridized carbons (Fsp3) is 0.143. The van der Waals surface area contributed by atoms with E-state index in [2.05, 4.69) is 10.3 Å². The summed E-state index contributed by atoms with van der Waals surface area (Å²) < 4.78 is 5.57. The summed E-state index contributed by atoms with van der Waals surface area (Å²) in [5.41, 5.74) is 7.00. The Morgan fingerprint density at radius 2 is 1.50 bits per heavy atom. The molecule has 6 nitrogen and oxygen atoms in total. The molecule has 34 heavy (non-hydrogen) atoms. The summed E-state index contributed by atoms with van der Waals surface area (Å²) in [5.74, 6) is -0.846. The lowest BCUT2D eigenvalue weighted by Crippen LogP contribution is -2.16. The maximum atomic E-state index is 12.6. The highest BCUT2D eigenvalue weighted by atomic mass is 16.6. The molecule has 4 rings (SSSR count). The van der Waals surface area contributed by atoms with Crippen LogP contribution in [-0.4, -0.2) is 22.2 Å². The number of carboxylic acid groups (broad SMARTS) is 1. The van der Waals surface area contributed by atoms with E-state index in [4.69, 9.17) is 9.84 Å². The Hall–Kier alpha value is -4.32. The molecular formula is C28H26N2O4. The molecule has 0 aliphatic heterocycles. The molecule has 0 fully saturated rings. The number of carbonyl (C=O) groups excluding carboxylic acids is 1. The predicted molar refractivity (Wildman–Crippen MR) is 133 cm³/mol. The van der Waals surface area contributed by atoms with Crippen molar-refractivity contribution in [1.82, 2.24) is 4.98 Å². The lowest BCUT2D eigenvalue weighted by atomic mass is 10.0. The summed E-state index contributed by atoms with van der Waals surface area (Å²) in [5, 5.41) is 11.8. The number of carboxylic acids is 1. The first-order chi connectivity index (χ1) is 16.4. The number of benzene rings is 3. The van der Waals surface area contributed by atoms with Gasteiger partial charge >= 0.3 is 12.1 Å². The molecule has 1 unspecified atom stereocenters. The molecule has 1 aromatic heterocycles. The number of anilines is 1. The van der Waals surface area contributed by atoms with Crippen LogP contribution in [0.2, 0.25) is 0 Å². The highest BCUT2D eigenvalue weighted by Crippen LogP contribution is 2.32. The number of aromatic amines is 1. The summed E-state index contributed by atoms with van der Waals surface area (Å²) in [7, 11) is 0. The Morgan fingerprint density at radius 1 is 0.912 bits per heavy atom. The molecule has 0 spiro atoms. The second kappa shape index (κ2) is 10.1. The monoisotopic (exact) mass is 454 g/mol. The summed E-state index contributed by atoms with van der Waals surface area (Å²) >= 11 is 0. The molecule has 0 saturated heterocycles. The third-order valence-corrected chi connectivity index (χ3v) is 5.67. The first-order valence-electron chi connectivity index (χ1n) is 11.0. The van der Waals surface area contributed by atoms with Crippen LogP contribution in [-0.2, 0) is 16.0 Å². The first-order valence-corrected chi connectivity index (χ1v) is 11.0. The van der Waals surface area contributed by atoms with Crippen molar-refractivity contribution in [2.24, 2.45) is 0 Å². The summed E-state index contributed by atoms with van der Waals surface area (Å²) in [6.45, 7) is 3.76. The van der Waals surface area contributed by atoms with Crippen LogP contribution in [0.1, 0.15) is 29.7 Å². The van der Waals surface area contributed by atoms with Crippen molar-refractivity contribution >= 4 is 17.7 Å². The number of hydrogen-bond acceptors (Lipinski definition) is 3. The van der Waals surface area contributed by atoms with Crippen LogP contribution in [0.15, 0.2) is 85.1 Å². The smallest absolute Gasteiger partial charge is 0.412 e. The maximum Gasteiger partial charge on any atom is 0.412 e. The van der Waals surface area contributed by atoms with E-state index in [-0.39, 0.29) is 12.5 Å². The second-order valence-electron chi connectivity index (χ2n) is 8.15. The Morgan fingerprint density at radius 3 is 2.12 bits per heavy atom. The van der Waals surface area contributed by atoms with E-state index < -0.39 is 12.1 Å². The van der Waals surface area contributed by atoms with Gasteiger partial charge in [0.25, 0.3) is 0 Å². The number of ether oxygens (including phenoxy) is 1. The van der Waals surface area contributed by atoms with Gasteiger partial charge in [0.1, 0.15) is 6.10 Å². The molecule has 0 saturated carbocycles. The van der Waals surface area contributed by atoms with Gasteiger partial charge in [0.2, 0.25) is 0 Å². The van der Waals surface area contributed by atoms with Gasteiger partial charge in [-0.1, -0.05) is 78.9 Å². The number of carbonyl (C=O) groups is 2. The minimum atomic E-state index is -0.846. The Labute approximate surface area is 198 Å². The topological polar surface area (TPSA) is 91.4 Å². The van der Waals surface area contributed by atoms with Crippen molar-refractivity contribution in [3.05, 3.63) is 102 Å². The van der Waals surface area contributed by atoms with Gasteiger partial charge < -0.3 is 14.8 Å². The van der Waals surface area contributed by atoms with Crippen LogP contribution in [0.3, 0.4) is 0 Å². The second-order valence-corrected chi connectivity index (χ2v) is 8.15. The zero-order chi connectivity index (χ0) is 24.1. The number of nitrogens with one attached hydrogen (secondary N) is 2.